The molecule has 110 valence electrons. The van der Waals surface area contributed by atoms with E-state index in [1.54, 1.807) is 0 Å². The van der Waals surface area contributed by atoms with Crippen molar-refractivity contribution in [2.24, 2.45) is 5.92 Å². The lowest BCUT2D eigenvalue weighted by atomic mass is 9.87. The number of amides is 1. The molecule has 2 N–H and O–H groups in total. The number of nitrogens with zero attached hydrogens (tertiary/aromatic N) is 1. The van der Waals surface area contributed by atoms with E-state index in [0.29, 0.717) is 25.6 Å². The van der Waals surface area contributed by atoms with Crippen LogP contribution in [0.15, 0.2) is 0 Å². The van der Waals surface area contributed by atoms with Gasteiger partial charge in [-0.2, -0.15) is 0 Å². The van der Waals surface area contributed by atoms with E-state index < -0.39 is 5.97 Å². The molecule has 1 fully saturated rings. The molecular formula is C14H26N2O3. The zero-order valence-corrected chi connectivity index (χ0v) is 12.0. The molecular weight excluding hydrogens is 244 g/mol. The van der Waals surface area contributed by atoms with E-state index >= 15 is 0 Å². The Morgan fingerprint density at radius 2 is 1.89 bits per heavy atom. The molecule has 19 heavy (non-hydrogen) atoms. The molecule has 0 spiro atoms. The van der Waals surface area contributed by atoms with Crippen molar-refractivity contribution in [1.82, 2.24) is 10.2 Å². The Hall–Kier alpha value is -1.10. The lowest BCUT2D eigenvalue weighted by Crippen LogP contribution is -2.43. The van der Waals surface area contributed by atoms with Gasteiger partial charge in [0, 0.05) is 19.5 Å². The number of rotatable bonds is 7. The van der Waals surface area contributed by atoms with Crippen molar-refractivity contribution < 1.29 is 14.7 Å². The van der Waals surface area contributed by atoms with Gasteiger partial charge in [-0.3, -0.25) is 9.59 Å². The highest BCUT2D eigenvalue weighted by Gasteiger charge is 2.24. The molecule has 0 aliphatic heterocycles. The van der Waals surface area contributed by atoms with Crippen LogP contribution < -0.4 is 5.32 Å². The van der Waals surface area contributed by atoms with Crippen LogP contribution in [0.25, 0.3) is 0 Å². The number of aliphatic carboxylic acids is 1. The van der Waals surface area contributed by atoms with Crippen LogP contribution in [0.2, 0.25) is 0 Å². The van der Waals surface area contributed by atoms with E-state index in [1.807, 2.05) is 11.9 Å². The monoisotopic (exact) mass is 270 g/mol. The van der Waals surface area contributed by atoms with Gasteiger partial charge >= 0.3 is 5.97 Å². The van der Waals surface area contributed by atoms with Crippen molar-refractivity contribution in [2.45, 2.75) is 51.5 Å². The summed E-state index contributed by atoms with van der Waals surface area (Å²) in [5.74, 6) is 0.102. The molecule has 0 atom stereocenters. The highest BCUT2D eigenvalue weighted by Crippen LogP contribution is 2.26. The minimum Gasteiger partial charge on any atom is -0.481 e. The molecule has 1 aliphatic rings. The molecule has 0 bridgehead atoms. The zero-order valence-electron chi connectivity index (χ0n) is 12.0. The van der Waals surface area contributed by atoms with Crippen LogP contribution in [0.5, 0.6) is 0 Å². The van der Waals surface area contributed by atoms with Gasteiger partial charge in [0.15, 0.2) is 0 Å². The summed E-state index contributed by atoms with van der Waals surface area (Å²) in [6.45, 7) is 3.15. The summed E-state index contributed by atoms with van der Waals surface area (Å²) in [5.41, 5.74) is 0. The SMILES string of the molecule is CC1CCC(N(C)C(=O)CNCCCC(=O)O)CC1. The first-order valence-electron chi connectivity index (χ1n) is 7.19. The quantitative estimate of drug-likeness (QED) is 0.687. The van der Waals surface area contributed by atoms with Crippen molar-refractivity contribution in [2.75, 3.05) is 20.1 Å². The second kappa shape index (κ2) is 8.15. The van der Waals surface area contributed by atoms with Gasteiger partial charge in [-0.05, 0) is 44.6 Å². The Kier molecular flexibility index (Phi) is 6.84. The summed E-state index contributed by atoms with van der Waals surface area (Å²) in [4.78, 5) is 24.2. The highest BCUT2D eigenvalue weighted by atomic mass is 16.4. The molecule has 0 heterocycles. The third kappa shape index (κ3) is 6.05. The van der Waals surface area contributed by atoms with E-state index in [1.165, 1.54) is 12.8 Å². The second-order valence-corrected chi connectivity index (χ2v) is 5.59. The summed E-state index contributed by atoms with van der Waals surface area (Å²) in [5, 5.41) is 11.5. The average Bonchev–Trinajstić information content (AvgIpc) is 2.37. The van der Waals surface area contributed by atoms with Gasteiger partial charge in [-0.15, -0.1) is 0 Å². The molecule has 0 radical (unpaired) electrons. The number of likely N-dealkylation sites (N-methyl/N-ethyl adjacent to an activating group) is 1. The first kappa shape index (κ1) is 16.0. The molecule has 0 aromatic heterocycles. The summed E-state index contributed by atoms with van der Waals surface area (Å²) in [7, 11) is 1.88. The summed E-state index contributed by atoms with van der Waals surface area (Å²) < 4.78 is 0. The van der Waals surface area contributed by atoms with Gasteiger partial charge in [0.1, 0.15) is 0 Å². The van der Waals surface area contributed by atoms with Crippen molar-refractivity contribution in [1.29, 1.82) is 0 Å². The van der Waals surface area contributed by atoms with Crippen LogP contribution in [0.3, 0.4) is 0 Å². The highest BCUT2D eigenvalue weighted by molar-refractivity contribution is 5.78. The second-order valence-electron chi connectivity index (χ2n) is 5.59. The number of carbonyl (C=O) groups is 2. The predicted octanol–water partition coefficient (Wildman–Crippen LogP) is 1.48. The number of nitrogens with one attached hydrogen (secondary N) is 1. The fraction of sp³-hybridized carbons (Fsp3) is 0.857. The van der Waals surface area contributed by atoms with Crippen molar-refractivity contribution in [3.05, 3.63) is 0 Å². The van der Waals surface area contributed by atoms with Gasteiger partial charge in [-0.1, -0.05) is 6.92 Å². The Morgan fingerprint density at radius 3 is 2.47 bits per heavy atom. The third-order valence-corrected chi connectivity index (χ3v) is 3.95. The largest absolute Gasteiger partial charge is 0.481 e. The molecule has 0 aromatic carbocycles. The van der Waals surface area contributed by atoms with E-state index in [2.05, 4.69) is 12.2 Å². The number of carbonyl (C=O) groups excluding carboxylic acids is 1. The summed E-state index contributed by atoms with van der Waals surface area (Å²) in [6, 6.07) is 0.379. The smallest absolute Gasteiger partial charge is 0.303 e. The Bertz CT molecular complexity index is 299. The van der Waals surface area contributed by atoms with Crippen LogP contribution in [-0.2, 0) is 9.59 Å². The average molecular weight is 270 g/mol. The van der Waals surface area contributed by atoms with Crippen LogP contribution in [-0.4, -0.2) is 48.1 Å². The molecule has 0 unspecified atom stereocenters. The van der Waals surface area contributed by atoms with E-state index in [0.717, 1.165) is 18.8 Å². The van der Waals surface area contributed by atoms with Gasteiger partial charge in [0.25, 0.3) is 0 Å². The Balaban J connectivity index is 2.16. The van der Waals surface area contributed by atoms with E-state index in [4.69, 9.17) is 5.11 Å². The Labute approximate surface area is 115 Å². The van der Waals surface area contributed by atoms with Gasteiger partial charge in [0.05, 0.1) is 6.54 Å². The third-order valence-electron chi connectivity index (χ3n) is 3.95. The fourth-order valence-corrected chi connectivity index (χ4v) is 2.52. The normalized spacial score (nSPS) is 23.1. The summed E-state index contributed by atoms with van der Waals surface area (Å²) in [6.07, 6.45) is 5.32. The maximum absolute atomic E-state index is 12.0. The van der Waals surface area contributed by atoms with Crippen molar-refractivity contribution in [3.8, 4) is 0 Å². The van der Waals surface area contributed by atoms with Gasteiger partial charge < -0.3 is 15.3 Å². The molecule has 5 nitrogen and oxygen atoms in total. The molecule has 5 heteroatoms. The van der Waals surface area contributed by atoms with Crippen molar-refractivity contribution in [3.63, 3.8) is 0 Å². The minimum atomic E-state index is -0.790. The van der Waals surface area contributed by atoms with Gasteiger partial charge in [0.2, 0.25) is 5.91 Å². The van der Waals surface area contributed by atoms with Crippen LogP contribution in [0.4, 0.5) is 0 Å². The lowest BCUT2D eigenvalue weighted by Gasteiger charge is -2.33. The van der Waals surface area contributed by atoms with Crippen molar-refractivity contribution >= 4 is 11.9 Å². The number of hydrogen-bond donors (Lipinski definition) is 2. The molecule has 1 saturated carbocycles. The minimum absolute atomic E-state index is 0.106. The van der Waals surface area contributed by atoms with Crippen LogP contribution in [0, 0.1) is 5.92 Å². The molecule has 0 aromatic rings. The number of carboxylic acids is 1. The lowest BCUT2D eigenvalue weighted by molar-refractivity contribution is -0.137. The molecule has 1 rings (SSSR count). The summed E-state index contributed by atoms with van der Waals surface area (Å²) >= 11 is 0. The topological polar surface area (TPSA) is 69.6 Å². The standard InChI is InChI=1S/C14H26N2O3/c1-11-5-7-12(8-6-11)16(2)13(17)10-15-9-3-4-14(18)19/h11-12,15H,3-10H2,1-2H3,(H,18,19). The van der Waals surface area contributed by atoms with E-state index in [9.17, 15) is 9.59 Å². The predicted molar refractivity (Wildman–Crippen MR) is 73.9 cm³/mol. The molecule has 1 amide bonds. The first-order chi connectivity index (χ1) is 9.00. The molecule has 1 aliphatic carbocycles. The maximum atomic E-state index is 12.0. The van der Waals surface area contributed by atoms with Crippen LogP contribution >= 0.6 is 0 Å². The molecule has 0 saturated heterocycles. The first-order valence-corrected chi connectivity index (χ1v) is 7.19. The zero-order chi connectivity index (χ0) is 14.3. The fourth-order valence-electron chi connectivity index (χ4n) is 2.52. The van der Waals surface area contributed by atoms with Gasteiger partial charge in [-0.25, -0.2) is 0 Å². The number of carboxylic acid groups (broad SMARTS) is 1. The van der Waals surface area contributed by atoms with Crippen LogP contribution in [0.1, 0.15) is 45.4 Å². The Morgan fingerprint density at radius 1 is 1.26 bits per heavy atom. The maximum Gasteiger partial charge on any atom is 0.303 e. The van der Waals surface area contributed by atoms with E-state index in [-0.39, 0.29) is 12.3 Å². The number of hydrogen-bond acceptors (Lipinski definition) is 3.